The fraction of sp³-hybridized carbons (Fsp3) is 1.00. The number of hydrogen-bond donors (Lipinski definition) is 1. The van der Waals surface area contributed by atoms with E-state index < -0.39 is 0 Å². The van der Waals surface area contributed by atoms with E-state index in [4.69, 9.17) is 0 Å². The molecule has 0 aromatic rings. The van der Waals surface area contributed by atoms with Gasteiger partial charge in [-0.1, -0.05) is 42.6 Å². The predicted molar refractivity (Wildman–Crippen MR) is 57.5 cm³/mol. The average Bonchev–Trinajstić information content (AvgIpc) is 2.53. The molecule has 0 aromatic carbocycles. The van der Waals surface area contributed by atoms with Gasteiger partial charge in [-0.25, -0.2) is 0 Å². The average molecular weight is 234 g/mol. The van der Waals surface area contributed by atoms with Crippen LogP contribution in [0.15, 0.2) is 0 Å². The molecule has 1 nitrogen and oxygen atoms in total. The first-order valence-electron chi connectivity index (χ1n) is 4.93. The van der Waals surface area contributed by atoms with Gasteiger partial charge in [-0.05, 0) is 24.2 Å². The summed E-state index contributed by atoms with van der Waals surface area (Å²) >= 11 is 3.40. The maximum atomic E-state index is 3.40. The highest BCUT2D eigenvalue weighted by atomic mass is 79.9. The normalized spacial score (nSPS) is 20.2. The molecule has 0 saturated heterocycles. The zero-order valence-electron chi connectivity index (χ0n) is 8.20. The summed E-state index contributed by atoms with van der Waals surface area (Å²) in [5.41, 5.74) is 1.41. The maximum Gasteiger partial charge on any atom is 0.0517 e. The Morgan fingerprint density at radius 1 is 1.33 bits per heavy atom. The Morgan fingerprint density at radius 3 is 2.42 bits per heavy atom. The van der Waals surface area contributed by atoms with Crippen molar-refractivity contribution in [2.24, 2.45) is 11.3 Å². The van der Waals surface area contributed by atoms with Crippen molar-refractivity contribution in [1.82, 2.24) is 5.32 Å². The highest BCUT2D eigenvalue weighted by Gasteiger charge is 2.30. The second-order valence-corrected chi connectivity index (χ2v) is 5.09. The lowest BCUT2D eigenvalue weighted by molar-refractivity contribution is 0.212. The highest BCUT2D eigenvalue weighted by molar-refractivity contribution is 9.09. The van der Waals surface area contributed by atoms with E-state index in [1.165, 1.54) is 25.7 Å². The van der Waals surface area contributed by atoms with Crippen molar-refractivity contribution in [3.63, 3.8) is 0 Å². The highest BCUT2D eigenvalue weighted by Crippen LogP contribution is 2.38. The van der Waals surface area contributed by atoms with Crippen LogP contribution in [0.1, 0.15) is 39.5 Å². The quantitative estimate of drug-likeness (QED) is 0.582. The molecule has 1 rings (SSSR count). The topological polar surface area (TPSA) is 12.0 Å². The van der Waals surface area contributed by atoms with Crippen molar-refractivity contribution in [3.8, 4) is 0 Å². The summed E-state index contributed by atoms with van der Waals surface area (Å²) in [4.78, 5) is 0. The molecule has 2 heteroatoms. The molecule has 0 aromatic heterocycles. The Kier molecular flexibility index (Phi) is 4.04. The van der Waals surface area contributed by atoms with Crippen LogP contribution in [0, 0.1) is 11.3 Å². The van der Waals surface area contributed by atoms with Crippen LogP contribution in [-0.4, -0.2) is 12.0 Å². The summed E-state index contributed by atoms with van der Waals surface area (Å²) in [6.07, 6.45) is 5.78. The van der Waals surface area contributed by atoms with Gasteiger partial charge in [0, 0.05) is 6.54 Å². The van der Waals surface area contributed by atoms with E-state index in [1.54, 1.807) is 0 Å². The molecular formula is C10H20BrN. The van der Waals surface area contributed by atoms with Crippen LogP contribution < -0.4 is 5.32 Å². The number of halogens is 1. The van der Waals surface area contributed by atoms with Gasteiger partial charge in [0.1, 0.15) is 0 Å². The van der Waals surface area contributed by atoms with E-state index in [-0.39, 0.29) is 0 Å². The van der Waals surface area contributed by atoms with Crippen LogP contribution in [0.5, 0.6) is 0 Å². The van der Waals surface area contributed by atoms with Crippen molar-refractivity contribution in [3.05, 3.63) is 0 Å². The lowest BCUT2D eigenvalue weighted by Gasteiger charge is -2.31. The summed E-state index contributed by atoms with van der Waals surface area (Å²) < 4.78 is 0. The van der Waals surface area contributed by atoms with Gasteiger partial charge in [-0.3, -0.25) is 0 Å². The second-order valence-electron chi connectivity index (χ2n) is 4.53. The summed E-state index contributed by atoms with van der Waals surface area (Å²) in [6, 6.07) is 0. The van der Waals surface area contributed by atoms with E-state index in [1.807, 2.05) is 0 Å². The van der Waals surface area contributed by atoms with Crippen molar-refractivity contribution < 1.29 is 0 Å². The van der Waals surface area contributed by atoms with Gasteiger partial charge in [0.05, 0.1) is 5.45 Å². The van der Waals surface area contributed by atoms with Crippen molar-refractivity contribution in [2.45, 2.75) is 39.5 Å². The molecule has 0 unspecified atom stereocenters. The fourth-order valence-corrected chi connectivity index (χ4v) is 2.42. The Labute approximate surface area is 84.4 Å². The van der Waals surface area contributed by atoms with E-state index in [9.17, 15) is 0 Å². The van der Waals surface area contributed by atoms with Gasteiger partial charge < -0.3 is 5.32 Å². The van der Waals surface area contributed by atoms with Gasteiger partial charge >= 0.3 is 0 Å². The molecule has 0 atom stereocenters. The first kappa shape index (κ1) is 10.5. The minimum absolute atomic E-state index is 0.490. The van der Waals surface area contributed by atoms with Crippen LogP contribution >= 0.6 is 15.9 Å². The van der Waals surface area contributed by atoms with Gasteiger partial charge in [-0.15, -0.1) is 0 Å². The summed E-state index contributed by atoms with van der Waals surface area (Å²) in [5, 5.41) is 3.38. The molecule has 1 aliphatic rings. The third-order valence-electron chi connectivity index (χ3n) is 3.14. The molecule has 72 valence electrons. The lowest BCUT2D eigenvalue weighted by atomic mass is 9.78. The molecule has 0 radical (unpaired) electrons. The molecule has 1 N–H and O–H groups in total. The molecule has 0 aliphatic heterocycles. The van der Waals surface area contributed by atoms with E-state index >= 15 is 0 Å². The Bertz CT molecular complexity index is 128. The molecule has 0 amide bonds. The standard InChI is InChI=1S/C10H20BrN/c1-10(2,7-12-8-11)9-5-3-4-6-9/h9,12H,3-8H2,1-2H3. The molecule has 1 saturated carbocycles. The number of nitrogens with one attached hydrogen (secondary N) is 1. The Morgan fingerprint density at radius 2 is 1.92 bits per heavy atom. The number of alkyl halides is 1. The zero-order valence-corrected chi connectivity index (χ0v) is 9.78. The van der Waals surface area contributed by atoms with Gasteiger partial charge in [0.2, 0.25) is 0 Å². The van der Waals surface area contributed by atoms with E-state index in [2.05, 4.69) is 35.1 Å². The minimum Gasteiger partial charge on any atom is -0.307 e. The monoisotopic (exact) mass is 233 g/mol. The Hall–Kier alpha value is 0.440. The van der Waals surface area contributed by atoms with Gasteiger partial charge in [0.15, 0.2) is 0 Å². The van der Waals surface area contributed by atoms with Crippen molar-refractivity contribution in [1.29, 1.82) is 0 Å². The Balaban J connectivity index is 2.34. The summed E-state index contributed by atoms with van der Waals surface area (Å²) in [5.74, 6) is 0.948. The first-order valence-corrected chi connectivity index (χ1v) is 6.05. The molecule has 12 heavy (non-hydrogen) atoms. The predicted octanol–water partition coefficient (Wildman–Crippen LogP) is 3.14. The van der Waals surface area contributed by atoms with Crippen LogP contribution in [0.3, 0.4) is 0 Å². The second kappa shape index (κ2) is 4.61. The SMILES string of the molecule is CC(C)(CNCBr)C1CCCC1. The minimum atomic E-state index is 0.490. The third kappa shape index (κ3) is 2.74. The molecular weight excluding hydrogens is 214 g/mol. The maximum absolute atomic E-state index is 3.40. The summed E-state index contributed by atoms with van der Waals surface area (Å²) in [7, 11) is 0. The zero-order chi connectivity index (χ0) is 9.03. The number of rotatable bonds is 4. The van der Waals surface area contributed by atoms with Gasteiger partial charge in [0.25, 0.3) is 0 Å². The largest absolute Gasteiger partial charge is 0.307 e. The van der Waals surface area contributed by atoms with E-state index in [0.29, 0.717) is 5.41 Å². The molecule has 1 aliphatic carbocycles. The van der Waals surface area contributed by atoms with Crippen molar-refractivity contribution in [2.75, 3.05) is 12.0 Å². The number of hydrogen-bond acceptors (Lipinski definition) is 1. The van der Waals surface area contributed by atoms with Gasteiger partial charge in [-0.2, -0.15) is 0 Å². The van der Waals surface area contributed by atoms with Crippen molar-refractivity contribution >= 4 is 15.9 Å². The first-order chi connectivity index (χ1) is 5.67. The lowest BCUT2D eigenvalue weighted by Crippen LogP contribution is -2.34. The molecule has 1 fully saturated rings. The summed E-state index contributed by atoms with van der Waals surface area (Å²) in [6.45, 7) is 5.92. The molecule has 0 bridgehead atoms. The molecule has 0 spiro atoms. The van der Waals surface area contributed by atoms with Crippen LogP contribution in [0.25, 0.3) is 0 Å². The van der Waals surface area contributed by atoms with Crippen LogP contribution in [0.4, 0.5) is 0 Å². The van der Waals surface area contributed by atoms with Crippen LogP contribution in [-0.2, 0) is 0 Å². The van der Waals surface area contributed by atoms with E-state index in [0.717, 1.165) is 17.9 Å². The molecule has 0 heterocycles. The smallest absolute Gasteiger partial charge is 0.0517 e. The fourth-order valence-electron chi connectivity index (χ4n) is 2.22. The third-order valence-corrected chi connectivity index (χ3v) is 3.53. The van der Waals surface area contributed by atoms with Crippen LogP contribution in [0.2, 0.25) is 0 Å².